The van der Waals surface area contributed by atoms with E-state index in [1.807, 2.05) is 6.92 Å². The molecule has 26 heavy (non-hydrogen) atoms. The Morgan fingerprint density at radius 3 is 2.62 bits per heavy atom. The van der Waals surface area contributed by atoms with Crippen molar-refractivity contribution in [2.45, 2.75) is 19.8 Å². The zero-order chi connectivity index (χ0) is 18.9. The molecule has 0 spiro atoms. The highest BCUT2D eigenvalue weighted by Crippen LogP contribution is 2.31. The number of nitrogen functional groups attached to an aromatic ring is 1. The van der Waals surface area contributed by atoms with Crippen LogP contribution in [0.4, 0.5) is 27.8 Å². The third-order valence-electron chi connectivity index (χ3n) is 3.11. The molecule has 0 bridgehead atoms. The van der Waals surface area contributed by atoms with E-state index in [-0.39, 0.29) is 23.3 Å². The summed E-state index contributed by atoms with van der Waals surface area (Å²) < 4.78 is 9.82. The molecule has 0 aliphatic heterocycles. The molecule has 0 unspecified atom stereocenters. The molecule has 0 aliphatic rings. The van der Waals surface area contributed by atoms with E-state index in [0.29, 0.717) is 24.3 Å². The van der Waals surface area contributed by atoms with Crippen molar-refractivity contribution in [3.05, 3.63) is 36.4 Å². The molecule has 0 atom stereocenters. The molecule has 2 rings (SSSR count). The van der Waals surface area contributed by atoms with Crippen LogP contribution in [0.3, 0.4) is 0 Å². The topological polar surface area (TPSA) is 128 Å². The third kappa shape index (κ3) is 5.26. The minimum Gasteiger partial charge on any atom is -0.453 e. The summed E-state index contributed by atoms with van der Waals surface area (Å²) in [5.41, 5.74) is 6.25. The Labute approximate surface area is 150 Å². The quantitative estimate of drug-likeness (QED) is 0.457. The van der Waals surface area contributed by atoms with Gasteiger partial charge >= 0.3 is 12.1 Å². The SMILES string of the molecule is CCCC(=O)Oc1ccccc1N=Nc1ccc(N)nc1NC(=O)OC. The number of hydrogen-bond donors (Lipinski definition) is 2. The largest absolute Gasteiger partial charge is 0.453 e. The Balaban J connectivity index is 2.27. The minimum absolute atomic E-state index is 0.0982. The molecule has 9 nitrogen and oxygen atoms in total. The van der Waals surface area contributed by atoms with E-state index in [4.69, 9.17) is 10.5 Å². The van der Waals surface area contributed by atoms with Gasteiger partial charge in [0.25, 0.3) is 0 Å². The summed E-state index contributed by atoms with van der Waals surface area (Å²) in [5.74, 6) is 0.239. The first-order chi connectivity index (χ1) is 12.5. The third-order valence-corrected chi connectivity index (χ3v) is 3.11. The molecule has 1 heterocycles. The number of benzene rings is 1. The summed E-state index contributed by atoms with van der Waals surface area (Å²) in [6.45, 7) is 1.89. The Bertz CT molecular complexity index is 823. The van der Waals surface area contributed by atoms with E-state index in [0.717, 1.165) is 0 Å². The second-order valence-corrected chi connectivity index (χ2v) is 5.11. The highest BCUT2D eigenvalue weighted by atomic mass is 16.5. The highest BCUT2D eigenvalue weighted by Gasteiger charge is 2.11. The number of anilines is 2. The van der Waals surface area contributed by atoms with Gasteiger partial charge in [0.2, 0.25) is 0 Å². The molecule has 0 aliphatic carbocycles. The number of carbonyl (C=O) groups is 2. The van der Waals surface area contributed by atoms with E-state index in [9.17, 15) is 9.59 Å². The van der Waals surface area contributed by atoms with Gasteiger partial charge in [-0.1, -0.05) is 19.1 Å². The molecular formula is C17H19N5O4. The zero-order valence-corrected chi connectivity index (χ0v) is 14.4. The number of amides is 1. The van der Waals surface area contributed by atoms with Crippen molar-refractivity contribution in [3.8, 4) is 5.75 Å². The van der Waals surface area contributed by atoms with Crippen molar-refractivity contribution in [2.75, 3.05) is 18.2 Å². The Morgan fingerprint density at radius 1 is 1.15 bits per heavy atom. The number of esters is 1. The number of rotatable bonds is 6. The molecule has 1 aromatic heterocycles. The number of nitrogens with two attached hydrogens (primary N) is 1. The molecular weight excluding hydrogens is 338 g/mol. The first-order valence-corrected chi connectivity index (χ1v) is 7.86. The summed E-state index contributed by atoms with van der Waals surface area (Å²) in [5, 5.41) is 10.6. The van der Waals surface area contributed by atoms with E-state index in [2.05, 4.69) is 25.3 Å². The maximum atomic E-state index is 11.7. The fourth-order valence-electron chi connectivity index (χ4n) is 1.90. The second-order valence-electron chi connectivity index (χ2n) is 5.11. The molecule has 0 radical (unpaired) electrons. The van der Waals surface area contributed by atoms with Gasteiger partial charge < -0.3 is 15.2 Å². The van der Waals surface area contributed by atoms with Gasteiger partial charge in [-0.15, -0.1) is 10.2 Å². The zero-order valence-electron chi connectivity index (χ0n) is 14.4. The minimum atomic E-state index is -0.714. The van der Waals surface area contributed by atoms with Gasteiger partial charge in [-0.3, -0.25) is 10.1 Å². The van der Waals surface area contributed by atoms with Gasteiger partial charge in [0.05, 0.1) is 7.11 Å². The maximum absolute atomic E-state index is 11.7. The Kier molecular flexibility index (Phi) is 6.60. The first-order valence-electron chi connectivity index (χ1n) is 7.86. The molecule has 1 amide bonds. The molecule has 1 aromatic carbocycles. The molecule has 136 valence electrons. The smallest absolute Gasteiger partial charge is 0.412 e. The second kappa shape index (κ2) is 9.11. The number of nitrogens with one attached hydrogen (secondary N) is 1. The number of nitrogens with zero attached hydrogens (tertiary/aromatic N) is 3. The number of ether oxygens (including phenoxy) is 2. The van der Waals surface area contributed by atoms with Gasteiger partial charge in [-0.25, -0.2) is 9.78 Å². The van der Waals surface area contributed by atoms with Crippen molar-refractivity contribution >= 4 is 35.1 Å². The van der Waals surface area contributed by atoms with E-state index >= 15 is 0 Å². The van der Waals surface area contributed by atoms with Crippen LogP contribution in [-0.4, -0.2) is 24.2 Å². The maximum Gasteiger partial charge on any atom is 0.412 e. The number of aromatic nitrogens is 1. The Morgan fingerprint density at radius 2 is 1.88 bits per heavy atom. The van der Waals surface area contributed by atoms with Crippen LogP contribution in [0.25, 0.3) is 0 Å². The molecule has 2 aromatic rings. The van der Waals surface area contributed by atoms with Gasteiger partial charge in [0, 0.05) is 6.42 Å². The lowest BCUT2D eigenvalue weighted by molar-refractivity contribution is -0.134. The van der Waals surface area contributed by atoms with Crippen molar-refractivity contribution in [1.82, 2.24) is 4.98 Å². The predicted molar refractivity (Wildman–Crippen MR) is 95.8 cm³/mol. The summed E-state index contributed by atoms with van der Waals surface area (Å²) in [6.07, 6.45) is 0.274. The molecule has 0 saturated carbocycles. The van der Waals surface area contributed by atoms with Gasteiger partial charge in [0.15, 0.2) is 11.6 Å². The first kappa shape index (κ1) is 18.8. The number of carbonyl (C=O) groups excluding carboxylic acids is 2. The van der Waals surface area contributed by atoms with E-state index in [1.165, 1.54) is 13.2 Å². The average molecular weight is 357 g/mol. The van der Waals surface area contributed by atoms with Gasteiger partial charge in [-0.2, -0.15) is 0 Å². The molecule has 0 fully saturated rings. The van der Waals surface area contributed by atoms with Crippen LogP contribution in [0, 0.1) is 0 Å². The van der Waals surface area contributed by atoms with Crippen molar-refractivity contribution in [3.63, 3.8) is 0 Å². The molecule has 9 heteroatoms. The average Bonchev–Trinajstić information content (AvgIpc) is 2.62. The number of pyridine rings is 1. The van der Waals surface area contributed by atoms with Gasteiger partial charge in [0.1, 0.15) is 17.2 Å². The standard InChI is InChI=1S/C17H19N5O4/c1-3-6-15(23)26-13-8-5-4-7-11(13)21-22-12-9-10-14(18)19-16(12)20-17(24)25-2/h4-5,7-10H,3,6H2,1-2H3,(H3,18,19,20,24). The lowest BCUT2D eigenvalue weighted by atomic mass is 10.3. The molecule has 3 N–H and O–H groups in total. The van der Waals surface area contributed by atoms with Crippen molar-refractivity contribution in [2.24, 2.45) is 10.2 Å². The number of para-hydroxylation sites is 1. The summed E-state index contributed by atoms with van der Waals surface area (Å²) in [6, 6.07) is 9.79. The van der Waals surface area contributed by atoms with Gasteiger partial charge in [-0.05, 0) is 30.7 Å². The summed E-state index contributed by atoms with van der Waals surface area (Å²) in [4.78, 5) is 27.1. The summed E-state index contributed by atoms with van der Waals surface area (Å²) in [7, 11) is 1.23. The van der Waals surface area contributed by atoms with Crippen LogP contribution >= 0.6 is 0 Å². The number of methoxy groups -OCH3 is 1. The van der Waals surface area contributed by atoms with Crippen LogP contribution in [0.2, 0.25) is 0 Å². The molecule has 0 saturated heterocycles. The fraction of sp³-hybridized carbons (Fsp3) is 0.235. The van der Waals surface area contributed by atoms with Crippen LogP contribution in [0.5, 0.6) is 5.75 Å². The lowest BCUT2D eigenvalue weighted by Crippen LogP contribution is -2.12. The van der Waals surface area contributed by atoms with E-state index in [1.54, 1.807) is 30.3 Å². The van der Waals surface area contributed by atoms with Crippen LogP contribution in [0.15, 0.2) is 46.6 Å². The normalized spacial score (nSPS) is 10.5. The van der Waals surface area contributed by atoms with E-state index < -0.39 is 6.09 Å². The van der Waals surface area contributed by atoms with Crippen molar-refractivity contribution < 1.29 is 19.1 Å². The Hall–Kier alpha value is -3.49. The fourth-order valence-corrected chi connectivity index (χ4v) is 1.90. The monoisotopic (exact) mass is 357 g/mol. The van der Waals surface area contributed by atoms with Crippen LogP contribution in [0.1, 0.15) is 19.8 Å². The van der Waals surface area contributed by atoms with Crippen molar-refractivity contribution in [1.29, 1.82) is 0 Å². The summed E-state index contributed by atoms with van der Waals surface area (Å²) >= 11 is 0. The lowest BCUT2D eigenvalue weighted by Gasteiger charge is -2.07. The van der Waals surface area contributed by atoms with Crippen LogP contribution in [-0.2, 0) is 9.53 Å². The van der Waals surface area contributed by atoms with Crippen LogP contribution < -0.4 is 15.8 Å². The number of azo groups is 1. The predicted octanol–water partition coefficient (Wildman–Crippen LogP) is 3.96. The number of hydrogen-bond acceptors (Lipinski definition) is 8. The highest BCUT2D eigenvalue weighted by molar-refractivity contribution is 5.87.